The van der Waals surface area contributed by atoms with E-state index in [1.54, 1.807) is 18.2 Å². The van der Waals surface area contributed by atoms with Crippen LogP contribution in [0.25, 0.3) is 6.08 Å². The van der Waals surface area contributed by atoms with Crippen molar-refractivity contribution in [1.29, 1.82) is 0 Å². The number of benzene rings is 2. The van der Waals surface area contributed by atoms with Gasteiger partial charge in [0.05, 0.1) is 18.7 Å². The molecule has 2 aromatic carbocycles. The number of carbonyl (C=O) groups is 2. The summed E-state index contributed by atoms with van der Waals surface area (Å²) in [6, 6.07) is 10.8. The van der Waals surface area contributed by atoms with Crippen molar-refractivity contribution in [3.05, 3.63) is 58.6 Å². The van der Waals surface area contributed by atoms with Crippen molar-refractivity contribution in [3.63, 3.8) is 0 Å². The van der Waals surface area contributed by atoms with E-state index in [9.17, 15) is 9.59 Å². The van der Waals surface area contributed by atoms with Gasteiger partial charge >= 0.3 is 5.97 Å². The standard InChI is InChI=1S/C22H24ClNO5/c1-4-15-7-6-8-17(11-15)24-20(25)14-29-21(26)10-9-16-12-18(23)22(28-5-2)19(13-16)27-3/h6-13H,4-5,14H2,1-3H3,(H,24,25)/b10-9+. The molecule has 2 aromatic rings. The van der Waals surface area contributed by atoms with E-state index in [4.69, 9.17) is 25.8 Å². The first-order valence-electron chi connectivity index (χ1n) is 9.20. The van der Waals surface area contributed by atoms with Gasteiger partial charge in [-0.2, -0.15) is 0 Å². The van der Waals surface area contributed by atoms with Crippen LogP contribution in [-0.4, -0.2) is 32.2 Å². The van der Waals surface area contributed by atoms with Crippen molar-refractivity contribution in [2.24, 2.45) is 0 Å². The van der Waals surface area contributed by atoms with E-state index in [1.165, 1.54) is 19.3 Å². The second-order valence-electron chi connectivity index (χ2n) is 6.01. The number of halogens is 1. The van der Waals surface area contributed by atoms with Crippen LogP contribution in [0.1, 0.15) is 25.0 Å². The van der Waals surface area contributed by atoms with Gasteiger partial charge in [-0.25, -0.2) is 4.79 Å². The third-order valence-corrected chi connectivity index (χ3v) is 4.20. The molecule has 0 aliphatic heterocycles. The normalized spacial score (nSPS) is 10.6. The molecule has 0 heterocycles. The number of hydrogen-bond donors (Lipinski definition) is 1. The molecule has 1 amide bonds. The maximum Gasteiger partial charge on any atom is 0.331 e. The molecular formula is C22H24ClNO5. The van der Waals surface area contributed by atoms with E-state index < -0.39 is 11.9 Å². The Morgan fingerprint density at radius 1 is 1.17 bits per heavy atom. The minimum atomic E-state index is -0.647. The Morgan fingerprint density at radius 2 is 1.97 bits per heavy atom. The molecule has 0 spiro atoms. The van der Waals surface area contributed by atoms with Crippen molar-refractivity contribution >= 4 is 35.2 Å². The molecule has 0 unspecified atom stereocenters. The summed E-state index contributed by atoms with van der Waals surface area (Å²) < 4.78 is 15.7. The fourth-order valence-corrected chi connectivity index (χ4v) is 2.81. The Bertz CT molecular complexity index is 895. The molecule has 2 rings (SSSR count). The Labute approximate surface area is 175 Å². The molecule has 0 atom stereocenters. The molecule has 0 aliphatic rings. The smallest absolute Gasteiger partial charge is 0.331 e. The minimum Gasteiger partial charge on any atom is -0.493 e. The van der Waals surface area contributed by atoms with Crippen molar-refractivity contribution in [2.45, 2.75) is 20.3 Å². The molecule has 1 N–H and O–H groups in total. The number of hydrogen-bond acceptors (Lipinski definition) is 5. The van der Waals surface area contributed by atoms with E-state index in [-0.39, 0.29) is 6.61 Å². The van der Waals surface area contributed by atoms with Crippen molar-refractivity contribution in [2.75, 3.05) is 25.6 Å². The third-order valence-electron chi connectivity index (χ3n) is 3.92. The third kappa shape index (κ3) is 6.84. The van der Waals surface area contributed by atoms with E-state index >= 15 is 0 Å². The van der Waals surface area contributed by atoms with Crippen LogP contribution in [0.2, 0.25) is 5.02 Å². The number of rotatable bonds is 9. The summed E-state index contributed by atoms with van der Waals surface area (Å²) in [6.45, 7) is 3.94. The number of anilines is 1. The maximum atomic E-state index is 12.0. The van der Waals surface area contributed by atoms with Crippen molar-refractivity contribution < 1.29 is 23.8 Å². The second-order valence-corrected chi connectivity index (χ2v) is 6.42. The van der Waals surface area contributed by atoms with Gasteiger partial charge in [0, 0.05) is 11.8 Å². The van der Waals surface area contributed by atoms with Gasteiger partial charge in [-0.05, 0) is 54.8 Å². The molecule has 154 valence electrons. The highest BCUT2D eigenvalue weighted by Crippen LogP contribution is 2.36. The Balaban J connectivity index is 1.92. The summed E-state index contributed by atoms with van der Waals surface area (Å²) in [5.74, 6) is -0.154. The summed E-state index contributed by atoms with van der Waals surface area (Å²) in [4.78, 5) is 23.9. The molecule has 0 aliphatic carbocycles. The molecular weight excluding hydrogens is 394 g/mol. The molecule has 0 radical (unpaired) electrons. The van der Waals surface area contributed by atoms with Gasteiger partial charge in [0.25, 0.3) is 5.91 Å². The fourth-order valence-electron chi connectivity index (χ4n) is 2.54. The quantitative estimate of drug-likeness (QED) is 0.480. The van der Waals surface area contributed by atoms with Gasteiger partial charge in [0.2, 0.25) is 0 Å². The molecule has 7 heteroatoms. The van der Waals surface area contributed by atoms with Gasteiger partial charge in [0.1, 0.15) is 0 Å². The van der Waals surface area contributed by atoms with E-state index in [0.29, 0.717) is 34.4 Å². The zero-order chi connectivity index (χ0) is 21.2. The molecule has 0 fully saturated rings. The first-order valence-corrected chi connectivity index (χ1v) is 9.58. The van der Waals surface area contributed by atoms with Gasteiger partial charge in [-0.1, -0.05) is 30.7 Å². The van der Waals surface area contributed by atoms with Crippen LogP contribution in [-0.2, 0) is 20.7 Å². The van der Waals surface area contributed by atoms with Crippen LogP contribution >= 0.6 is 11.6 Å². The van der Waals surface area contributed by atoms with Crippen LogP contribution in [0, 0.1) is 0 Å². The first kappa shape index (κ1) is 22.3. The number of ether oxygens (including phenoxy) is 3. The highest BCUT2D eigenvalue weighted by Gasteiger charge is 2.11. The summed E-state index contributed by atoms with van der Waals surface area (Å²) in [5.41, 5.74) is 2.40. The Kier molecular flexibility index (Phi) is 8.55. The van der Waals surface area contributed by atoms with Crippen LogP contribution in [0.4, 0.5) is 5.69 Å². The number of aryl methyl sites for hydroxylation is 1. The first-order chi connectivity index (χ1) is 14.0. The van der Waals surface area contributed by atoms with Crippen LogP contribution in [0.5, 0.6) is 11.5 Å². The fraction of sp³-hybridized carbons (Fsp3) is 0.273. The highest BCUT2D eigenvalue weighted by atomic mass is 35.5. The highest BCUT2D eigenvalue weighted by molar-refractivity contribution is 6.32. The number of methoxy groups -OCH3 is 1. The van der Waals surface area contributed by atoms with Crippen LogP contribution in [0.3, 0.4) is 0 Å². The number of amides is 1. The summed E-state index contributed by atoms with van der Waals surface area (Å²) in [5, 5.41) is 3.07. The molecule has 0 bridgehead atoms. The Morgan fingerprint density at radius 3 is 2.66 bits per heavy atom. The Hall–Kier alpha value is -2.99. The number of nitrogens with one attached hydrogen (secondary N) is 1. The second kappa shape index (κ2) is 11.1. The zero-order valence-corrected chi connectivity index (χ0v) is 17.4. The van der Waals surface area contributed by atoms with Crippen LogP contribution < -0.4 is 14.8 Å². The van der Waals surface area contributed by atoms with E-state index in [1.807, 2.05) is 32.0 Å². The lowest BCUT2D eigenvalue weighted by molar-refractivity contribution is -0.142. The lowest BCUT2D eigenvalue weighted by atomic mass is 10.1. The van der Waals surface area contributed by atoms with E-state index in [2.05, 4.69) is 5.32 Å². The largest absolute Gasteiger partial charge is 0.493 e. The summed E-state index contributed by atoms with van der Waals surface area (Å²) in [6.07, 6.45) is 3.61. The molecule has 0 aromatic heterocycles. The predicted molar refractivity (Wildman–Crippen MR) is 114 cm³/mol. The SMILES string of the molecule is CCOc1c(Cl)cc(/C=C/C(=O)OCC(=O)Nc2cccc(CC)c2)cc1OC. The molecule has 29 heavy (non-hydrogen) atoms. The van der Waals surface area contributed by atoms with Crippen LogP contribution in [0.15, 0.2) is 42.5 Å². The lowest BCUT2D eigenvalue weighted by Gasteiger charge is -2.11. The molecule has 6 nitrogen and oxygen atoms in total. The van der Waals surface area contributed by atoms with Crippen molar-refractivity contribution in [3.8, 4) is 11.5 Å². The maximum absolute atomic E-state index is 12.0. The topological polar surface area (TPSA) is 73.9 Å². The predicted octanol–water partition coefficient (Wildman–Crippen LogP) is 4.50. The lowest BCUT2D eigenvalue weighted by Crippen LogP contribution is -2.20. The zero-order valence-electron chi connectivity index (χ0n) is 16.7. The molecule has 0 saturated heterocycles. The summed E-state index contributed by atoms with van der Waals surface area (Å²) in [7, 11) is 1.50. The average molecular weight is 418 g/mol. The van der Waals surface area contributed by atoms with E-state index in [0.717, 1.165) is 12.0 Å². The summed E-state index contributed by atoms with van der Waals surface area (Å²) >= 11 is 6.20. The number of carbonyl (C=O) groups excluding carboxylic acids is 2. The van der Waals surface area contributed by atoms with Gasteiger partial charge in [-0.3, -0.25) is 4.79 Å². The molecule has 0 saturated carbocycles. The number of esters is 1. The van der Waals surface area contributed by atoms with Gasteiger partial charge in [0.15, 0.2) is 18.1 Å². The van der Waals surface area contributed by atoms with Gasteiger partial charge in [-0.15, -0.1) is 0 Å². The average Bonchev–Trinajstić information content (AvgIpc) is 2.72. The van der Waals surface area contributed by atoms with Crippen molar-refractivity contribution in [1.82, 2.24) is 0 Å². The minimum absolute atomic E-state index is 0.368. The monoisotopic (exact) mass is 417 g/mol. The van der Waals surface area contributed by atoms with Gasteiger partial charge < -0.3 is 19.5 Å².